The van der Waals surface area contributed by atoms with Crippen molar-refractivity contribution in [1.29, 1.82) is 0 Å². The van der Waals surface area contributed by atoms with Gasteiger partial charge in [0.05, 0.1) is 23.9 Å². The van der Waals surface area contributed by atoms with E-state index in [4.69, 9.17) is 21.1 Å². The van der Waals surface area contributed by atoms with Crippen molar-refractivity contribution in [2.75, 3.05) is 18.0 Å². The first kappa shape index (κ1) is 28.7. The summed E-state index contributed by atoms with van der Waals surface area (Å²) in [5, 5.41) is 4.34. The molecule has 1 N–H and O–H groups in total. The van der Waals surface area contributed by atoms with Crippen molar-refractivity contribution in [3.8, 4) is 11.5 Å². The summed E-state index contributed by atoms with van der Waals surface area (Å²) < 4.78 is 39.3. The average Bonchev–Trinajstić information content (AvgIpc) is 2.95. The molecule has 0 unspecified atom stereocenters. The highest BCUT2D eigenvalue weighted by atomic mass is 35.5. The number of hydrogen-bond donors (Lipinski definition) is 1. The van der Waals surface area contributed by atoms with E-state index in [1.54, 1.807) is 48.5 Å². The van der Waals surface area contributed by atoms with Crippen LogP contribution in [0.5, 0.6) is 11.5 Å². The minimum Gasteiger partial charge on any atom is -0.493 e. The summed E-state index contributed by atoms with van der Waals surface area (Å²) in [6, 6.07) is 27.7. The Morgan fingerprint density at radius 1 is 0.950 bits per heavy atom. The molecule has 4 aromatic rings. The van der Waals surface area contributed by atoms with Crippen LogP contribution in [0.4, 0.5) is 5.69 Å². The topological polar surface area (TPSA) is 97.3 Å². The van der Waals surface area contributed by atoms with Crippen LogP contribution in [0, 0.1) is 6.92 Å². The van der Waals surface area contributed by atoms with Crippen LogP contribution in [-0.2, 0) is 21.4 Å². The molecule has 0 radical (unpaired) electrons. The Kier molecular flexibility index (Phi) is 9.42. The number of hydrazone groups is 1. The standard InChI is InChI=1S/C30H28ClN3O5S/c1-22-11-14-27(15-12-22)40(36,37)34(26-10-6-9-25(31)18-26)20-30(35)33-32-19-24-13-16-28(29(17-24)38-2)39-21-23-7-4-3-5-8-23/h3-19H,20-21H2,1-2H3,(H,33,35)/b32-19-. The molecule has 0 aromatic heterocycles. The molecule has 4 aromatic carbocycles. The number of amides is 1. The molecule has 0 heterocycles. The molecule has 206 valence electrons. The molecule has 40 heavy (non-hydrogen) atoms. The van der Waals surface area contributed by atoms with Crippen LogP contribution in [-0.4, -0.2) is 34.2 Å². The van der Waals surface area contributed by atoms with Gasteiger partial charge in [-0.25, -0.2) is 13.8 Å². The number of benzene rings is 4. The van der Waals surface area contributed by atoms with Gasteiger partial charge in [-0.3, -0.25) is 9.10 Å². The Bertz CT molecular complexity index is 1590. The van der Waals surface area contributed by atoms with Crippen LogP contribution in [0.1, 0.15) is 16.7 Å². The van der Waals surface area contributed by atoms with Gasteiger partial charge in [0, 0.05) is 5.02 Å². The summed E-state index contributed by atoms with van der Waals surface area (Å²) >= 11 is 6.12. The van der Waals surface area contributed by atoms with Gasteiger partial charge in [-0.2, -0.15) is 5.10 Å². The summed E-state index contributed by atoms with van der Waals surface area (Å²) in [6.07, 6.45) is 1.43. The SMILES string of the molecule is COc1cc(/C=N\NC(=O)CN(c2cccc(Cl)c2)S(=O)(=O)c2ccc(C)cc2)ccc1OCc1ccccc1. The highest BCUT2D eigenvalue weighted by molar-refractivity contribution is 7.92. The van der Waals surface area contributed by atoms with E-state index in [-0.39, 0.29) is 10.6 Å². The molecular weight excluding hydrogens is 550 g/mol. The minimum atomic E-state index is -4.07. The third-order valence-electron chi connectivity index (χ3n) is 5.82. The summed E-state index contributed by atoms with van der Waals surface area (Å²) in [4.78, 5) is 12.9. The van der Waals surface area contributed by atoms with Crippen molar-refractivity contribution < 1.29 is 22.7 Å². The number of carbonyl (C=O) groups is 1. The van der Waals surface area contributed by atoms with E-state index >= 15 is 0 Å². The summed E-state index contributed by atoms with van der Waals surface area (Å²) in [5.74, 6) is 0.426. The smallest absolute Gasteiger partial charge is 0.264 e. The number of ether oxygens (including phenoxy) is 2. The van der Waals surface area contributed by atoms with Crippen molar-refractivity contribution in [2.45, 2.75) is 18.4 Å². The minimum absolute atomic E-state index is 0.0519. The largest absolute Gasteiger partial charge is 0.493 e. The maximum absolute atomic E-state index is 13.5. The molecule has 10 heteroatoms. The van der Waals surface area contributed by atoms with Crippen LogP contribution < -0.4 is 19.2 Å². The molecule has 0 saturated carbocycles. The zero-order valence-electron chi connectivity index (χ0n) is 22.0. The molecule has 0 bridgehead atoms. The second-order valence-electron chi connectivity index (χ2n) is 8.78. The number of hydrogen-bond acceptors (Lipinski definition) is 6. The highest BCUT2D eigenvalue weighted by Crippen LogP contribution is 2.29. The summed E-state index contributed by atoms with van der Waals surface area (Å²) in [7, 11) is -2.53. The predicted octanol–water partition coefficient (Wildman–Crippen LogP) is 5.58. The molecule has 4 rings (SSSR count). The van der Waals surface area contributed by atoms with Crippen molar-refractivity contribution in [3.63, 3.8) is 0 Å². The maximum atomic E-state index is 13.5. The number of halogens is 1. The van der Waals surface area contributed by atoms with Gasteiger partial charge in [-0.15, -0.1) is 0 Å². The lowest BCUT2D eigenvalue weighted by molar-refractivity contribution is -0.119. The van der Waals surface area contributed by atoms with E-state index in [1.807, 2.05) is 37.3 Å². The van der Waals surface area contributed by atoms with E-state index in [1.165, 1.54) is 31.5 Å². The quantitative estimate of drug-likeness (QED) is 0.185. The fourth-order valence-electron chi connectivity index (χ4n) is 3.75. The zero-order chi connectivity index (χ0) is 28.5. The number of aryl methyl sites for hydroxylation is 1. The zero-order valence-corrected chi connectivity index (χ0v) is 23.5. The lowest BCUT2D eigenvalue weighted by atomic mass is 10.2. The van der Waals surface area contributed by atoms with Gasteiger partial charge in [-0.05, 0) is 66.6 Å². The van der Waals surface area contributed by atoms with E-state index in [9.17, 15) is 13.2 Å². The van der Waals surface area contributed by atoms with Gasteiger partial charge in [-0.1, -0.05) is 65.7 Å². The Morgan fingerprint density at radius 3 is 2.40 bits per heavy atom. The molecule has 0 atom stereocenters. The lowest BCUT2D eigenvalue weighted by Gasteiger charge is -2.24. The average molecular weight is 578 g/mol. The first-order valence-electron chi connectivity index (χ1n) is 12.3. The number of sulfonamides is 1. The molecule has 1 amide bonds. The van der Waals surface area contributed by atoms with Crippen molar-refractivity contribution in [3.05, 3.63) is 119 Å². The maximum Gasteiger partial charge on any atom is 0.264 e. The third-order valence-corrected chi connectivity index (χ3v) is 7.84. The number of rotatable bonds is 11. The van der Waals surface area contributed by atoms with Crippen molar-refractivity contribution in [2.24, 2.45) is 5.10 Å². The van der Waals surface area contributed by atoms with Crippen LogP contribution in [0.2, 0.25) is 5.02 Å². The van der Waals surface area contributed by atoms with Gasteiger partial charge < -0.3 is 9.47 Å². The molecule has 0 aliphatic heterocycles. The van der Waals surface area contributed by atoms with E-state index in [2.05, 4.69) is 10.5 Å². The van der Waals surface area contributed by atoms with Crippen molar-refractivity contribution in [1.82, 2.24) is 5.43 Å². The van der Waals surface area contributed by atoms with Crippen LogP contribution >= 0.6 is 11.6 Å². The van der Waals surface area contributed by atoms with Gasteiger partial charge in [0.1, 0.15) is 13.2 Å². The number of nitrogens with zero attached hydrogens (tertiary/aromatic N) is 2. The number of carbonyl (C=O) groups excluding carboxylic acids is 1. The van der Waals surface area contributed by atoms with E-state index in [0.717, 1.165) is 15.4 Å². The highest BCUT2D eigenvalue weighted by Gasteiger charge is 2.27. The summed E-state index contributed by atoms with van der Waals surface area (Å²) in [5.41, 5.74) is 5.22. The Balaban J connectivity index is 1.46. The monoisotopic (exact) mass is 577 g/mol. The third kappa shape index (κ3) is 7.40. The Morgan fingerprint density at radius 2 is 1.70 bits per heavy atom. The normalized spacial score (nSPS) is 11.3. The molecule has 0 aliphatic carbocycles. The van der Waals surface area contributed by atoms with Crippen molar-refractivity contribution >= 4 is 39.4 Å². The van der Waals surface area contributed by atoms with Gasteiger partial charge >= 0.3 is 0 Å². The summed E-state index contributed by atoms with van der Waals surface area (Å²) in [6.45, 7) is 1.73. The van der Waals surface area contributed by atoms with Crippen LogP contribution in [0.3, 0.4) is 0 Å². The second-order valence-corrected chi connectivity index (χ2v) is 11.1. The molecule has 0 fully saturated rings. The number of nitrogens with one attached hydrogen (secondary N) is 1. The van der Waals surface area contributed by atoms with E-state index < -0.39 is 22.5 Å². The van der Waals surface area contributed by atoms with E-state index in [0.29, 0.717) is 28.7 Å². The van der Waals surface area contributed by atoms with Crippen LogP contribution in [0.15, 0.2) is 107 Å². The first-order valence-corrected chi connectivity index (χ1v) is 14.1. The molecular formula is C30H28ClN3O5S. The lowest BCUT2D eigenvalue weighted by Crippen LogP contribution is -2.39. The molecule has 0 aliphatic rings. The van der Waals surface area contributed by atoms with Gasteiger partial charge in [0.2, 0.25) is 0 Å². The first-order chi connectivity index (χ1) is 19.3. The van der Waals surface area contributed by atoms with Gasteiger partial charge in [0.25, 0.3) is 15.9 Å². The van der Waals surface area contributed by atoms with Crippen LogP contribution in [0.25, 0.3) is 0 Å². The second kappa shape index (κ2) is 13.1. The van der Waals surface area contributed by atoms with Gasteiger partial charge in [0.15, 0.2) is 11.5 Å². The number of anilines is 1. The molecule has 0 saturated heterocycles. The fourth-order valence-corrected chi connectivity index (χ4v) is 5.34. The fraction of sp³-hybridized carbons (Fsp3) is 0.133. The Hall–Kier alpha value is -4.34. The number of methoxy groups -OCH3 is 1. The predicted molar refractivity (Wildman–Crippen MR) is 157 cm³/mol. The molecule has 0 spiro atoms. The Labute approximate surface area is 238 Å². The molecule has 8 nitrogen and oxygen atoms in total.